The number of unbranched alkanes of at least 4 members (excludes halogenated alkanes) is 2. The molecule has 0 spiro atoms. The van der Waals surface area contributed by atoms with Crippen molar-refractivity contribution in [3.8, 4) is 22.9 Å². The minimum atomic E-state index is -0.0412. The number of carbonyl (C=O) groups excluding carboxylic acids is 1. The van der Waals surface area contributed by atoms with Gasteiger partial charge in [0.25, 0.3) is 5.91 Å². The van der Waals surface area contributed by atoms with E-state index in [1.165, 1.54) is 0 Å². The van der Waals surface area contributed by atoms with E-state index in [4.69, 9.17) is 4.74 Å². The molecule has 1 heterocycles. The van der Waals surface area contributed by atoms with Crippen LogP contribution < -0.4 is 10.1 Å². The summed E-state index contributed by atoms with van der Waals surface area (Å²) in [5, 5.41) is 2.94. The molecule has 0 atom stereocenters. The van der Waals surface area contributed by atoms with Crippen LogP contribution in [0.1, 0.15) is 36.5 Å². The van der Waals surface area contributed by atoms with Gasteiger partial charge in [0.2, 0.25) is 0 Å². The zero-order valence-corrected chi connectivity index (χ0v) is 15.4. The number of amides is 1. The summed E-state index contributed by atoms with van der Waals surface area (Å²) in [6, 6.07) is 17.1. The first-order valence-electron chi connectivity index (χ1n) is 9.20. The van der Waals surface area contributed by atoms with Crippen LogP contribution in [-0.4, -0.2) is 22.4 Å². The summed E-state index contributed by atoms with van der Waals surface area (Å²) in [5.41, 5.74) is 2.47. The molecule has 0 fully saturated rings. The molecule has 138 valence electrons. The monoisotopic (exact) mass is 361 g/mol. The van der Waals surface area contributed by atoms with E-state index >= 15 is 0 Å². The van der Waals surface area contributed by atoms with Crippen molar-refractivity contribution in [2.45, 2.75) is 26.2 Å². The van der Waals surface area contributed by atoms with E-state index in [0.29, 0.717) is 23.9 Å². The fourth-order valence-corrected chi connectivity index (χ4v) is 2.60. The van der Waals surface area contributed by atoms with Gasteiger partial charge in [-0.25, -0.2) is 9.97 Å². The molecule has 1 amide bonds. The average molecular weight is 361 g/mol. The highest BCUT2D eigenvalue weighted by atomic mass is 16.5. The topological polar surface area (TPSA) is 64.1 Å². The summed E-state index contributed by atoms with van der Waals surface area (Å²) < 4.78 is 5.60. The highest BCUT2D eigenvalue weighted by Crippen LogP contribution is 2.21. The van der Waals surface area contributed by atoms with Crippen molar-refractivity contribution in [1.82, 2.24) is 15.3 Å². The highest BCUT2D eigenvalue weighted by molar-refractivity contribution is 5.94. The van der Waals surface area contributed by atoms with Crippen LogP contribution in [0.25, 0.3) is 11.1 Å². The predicted molar refractivity (Wildman–Crippen MR) is 106 cm³/mol. The van der Waals surface area contributed by atoms with Gasteiger partial charge < -0.3 is 10.1 Å². The maximum Gasteiger partial charge on any atom is 0.321 e. The third-order valence-electron chi connectivity index (χ3n) is 4.13. The molecule has 0 unspecified atom stereocenters. The van der Waals surface area contributed by atoms with Crippen molar-refractivity contribution in [3.05, 3.63) is 72.6 Å². The van der Waals surface area contributed by atoms with Crippen molar-refractivity contribution in [2.75, 3.05) is 6.54 Å². The van der Waals surface area contributed by atoms with Crippen molar-refractivity contribution in [3.63, 3.8) is 0 Å². The minimum absolute atomic E-state index is 0.0412. The van der Waals surface area contributed by atoms with Crippen LogP contribution in [0.5, 0.6) is 11.8 Å². The van der Waals surface area contributed by atoms with Crippen molar-refractivity contribution in [2.24, 2.45) is 0 Å². The van der Waals surface area contributed by atoms with Gasteiger partial charge >= 0.3 is 6.01 Å². The Hall–Kier alpha value is -3.21. The van der Waals surface area contributed by atoms with Gasteiger partial charge in [0.15, 0.2) is 0 Å². The largest absolute Gasteiger partial charge is 0.424 e. The molecular weight excluding hydrogens is 338 g/mol. The molecular formula is C22H23N3O2. The van der Waals surface area contributed by atoms with Crippen molar-refractivity contribution < 1.29 is 9.53 Å². The molecule has 0 saturated heterocycles. The van der Waals surface area contributed by atoms with Gasteiger partial charge in [-0.1, -0.05) is 50.1 Å². The summed E-state index contributed by atoms with van der Waals surface area (Å²) in [7, 11) is 0. The van der Waals surface area contributed by atoms with Crippen LogP contribution in [0.3, 0.4) is 0 Å². The van der Waals surface area contributed by atoms with Crippen LogP contribution in [-0.2, 0) is 0 Å². The quantitative estimate of drug-likeness (QED) is 0.582. The summed E-state index contributed by atoms with van der Waals surface area (Å²) >= 11 is 0. The molecule has 3 aromatic rings. The molecule has 0 aliphatic carbocycles. The molecule has 0 saturated carbocycles. The molecule has 0 aliphatic heterocycles. The zero-order valence-electron chi connectivity index (χ0n) is 15.4. The Kier molecular flexibility index (Phi) is 6.52. The number of para-hydroxylation sites is 1. The number of ether oxygens (including phenoxy) is 1. The Morgan fingerprint density at radius 3 is 2.30 bits per heavy atom. The lowest BCUT2D eigenvalue weighted by molar-refractivity contribution is 0.0953. The maximum atomic E-state index is 12.1. The Morgan fingerprint density at radius 1 is 0.926 bits per heavy atom. The third-order valence-corrected chi connectivity index (χ3v) is 4.13. The van der Waals surface area contributed by atoms with Gasteiger partial charge in [0.1, 0.15) is 5.75 Å². The Balaban J connectivity index is 1.60. The van der Waals surface area contributed by atoms with Gasteiger partial charge in [-0.2, -0.15) is 0 Å². The molecule has 5 heteroatoms. The molecule has 5 nitrogen and oxygen atoms in total. The second kappa shape index (κ2) is 9.48. The predicted octanol–water partition coefficient (Wildman–Crippen LogP) is 4.86. The molecule has 27 heavy (non-hydrogen) atoms. The Bertz CT molecular complexity index is 847. The number of rotatable bonds is 8. The van der Waals surface area contributed by atoms with Crippen molar-refractivity contribution >= 4 is 5.91 Å². The van der Waals surface area contributed by atoms with Crippen LogP contribution >= 0.6 is 0 Å². The Morgan fingerprint density at radius 2 is 1.63 bits per heavy atom. The minimum Gasteiger partial charge on any atom is -0.424 e. The number of nitrogens with zero attached hydrogens (tertiary/aromatic N) is 2. The van der Waals surface area contributed by atoms with E-state index < -0.39 is 0 Å². The summed E-state index contributed by atoms with van der Waals surface area (Å²) in [6.07, 6.45) is 6.70. The molecule has 0 radical (unpaired) electrons. The molecule has 0 aliphatic rings. The standard InChI is InChI=1S/C22H23N3O2/c1-2-3-7-14-23-21(26)18-12-10-17(11-13-18)19-15-24-22(25-16-19)27-20-8-5-4-6-9-20/h4-6,8-13,15-16H,2-3,7,14H2,1H3,(H,23,26). The molecule has 1 N–H and O–H groups in total. The Labute approximate surface area is 159 Å². The smallest absolute Gasteiger partial charge is 0.321 e. The first kappa shape index (κ1) is 18.6. The zero-order chi connectivity index (χ0) is 18.9. The second-order valence-electron chi connectivity index (χ2n) is 6.21. The van der Waals surface area contributed by atoms with Gasteiger partial charge in [0, 0.05) is 30.1 Å². The fraction of sp³-hybridized carbons (Fsp3) is 0.227. The van der Waals surface area contributed by atoms with Gasteiger partial charge in [-0.05, 0) is 36.2 Å². The number of nitrogens with one attached hydrogen (secondary N) is 1. The van der Waals surface area contributed by atoms with Crippen LogP contribution in [0.4, 0.5) is 0 Å². The number of hydrogen-bond donors (Lipinski definition) is 1. The lowest BCUT2D eigenvalue weighted by atomic mass is 10.1. The lowest BCUT2D eigenvalue weighted by Crippen LogP contribution is -2.24. The van der Waals surface area contributed by atoms with Crippen molar-refractivity contribution in [1.29, 1.82) is 0 Å². The number of hydrogen-bond acceptors (Lipinski definition) is 4. The first-order valence-corrected chi connectivity index (χ1v) is 9.20. The van der Waals surface area contributed by atoms with E-state index in [1.54, 1.807) is 12.4 Å². The van der Waals surface area contributed by atoms with Gasteiger partial charge in [-0.15, -0.1) is 0 Å². The van der Waals surface area contributed by atoms with E-state index in [9.17, 15) is 4.79 Å². The van der Waals surface area contributed by atoms with E-state index in [0.717, 1.165) is 30.4 Å². The molecule has 3 rings (SSSR count). The van der Waals surface area contributed by atoms with Crippen LogP contribution in [0.2, 0.25) is 0 Å². The molecule has 2 aromatic carbocycles. The molecule has 0 bridgehead atoms. The maximum absolute atomic E-state index is 12.1. The summed E-state index contributed by atoms with van der Waals surface area (Å²) in [4.78, 5) is 20.6. The molecule has 1 aromatic heterocycles. The number of aromatic nitrogens is 2. The van der Waals surface area contributed by atoms with Crippen LogP contribution in [0.15, 0.2) is 67.0 Å². The first-order chi connectivity index (χ1) is 13.3. The van der Waals surface area contributed by atoms with E-state index in [2.05, 4.69) is 22.2 Å². The fourth-order valence-electron chi connectivity index (χ4n) is 2.60. The number of carbonyl (C=O) groups is 1. The number of benzene rings is 2. The van der Waals surface area contributed by atoms with Crippen LogP contribution in [0, 0.1) is 0 Å². The summed E-state index contributed by atoms with van der Waals surface area (Å²) in [5.74, 6) is 0.653. The normalized spacial score (nSPS) is 10.4. The third kappa shape index (κ3) is 5.38. The van der Waals surface area contributed by atoms with Gasteiger partial charge in [0.05, 0.1) is 0 Å². The van der Waals surface area contributed by atoms with E-state index in [-0.39, 0.29) is 5.91 Å². The average Bonchev–Trinajstić information content (AvgIpc) is 2.72. The van der Waals surface area contributed by atoms with Gasteiger partial charge in [-0.3, -0.25) is 4.79 Å². The summed E-state index contributed by atoms with van der Waals surface area (Å²) in [6.45, 7) is 2.86. The SMILES string of the molecule is CCCCCNC(=O)c1ccc(-c2cnc(Oc3ccccc3)nc2)cc1. The highest BCUT2D eigenvalue weighted by Gasteiger charge is 2.07. The van der Waals surface area contributed by atoms with E-state index in [1.807, 2.05) is 54.6 Å². The second-order valence-corrected chi connectivity index (χ2v) is 6.21. The lowest BCUT2D eigenvalue weighted by Gasteiger charge is -2.07.